The molecule has 0 unspecified atom stereocenters. The molecule has 100 valence electrons. The minimum atomic E-state index is -4.72. The fourth-order valence-corrected chi connectivity index (χ4v) is 4.23. The van der Waals surface area contributed by atoms with E-state index < -0.39 is 25.0 Å². The van der Waals surface area contributed by atoms with Gasteiger partial charge in [-0.2, -0.15) is 8.42 Å². The summed E-state index contributed by atoms with van der Waals surface area (Å²) in [4.78, 5) is -0.452. The van der Waals surface area contributed by atoms with E-state index in [1.807, 2.05) is 0 Å². The van der Waals surface area contributed by atoms with Crippen molar-refractivity contribution in [3.05, 3.63) is 29.8 Å². The topological polar surface area (TPSA) is 68.3 Å². The molecule has 0 spiro atoms. The zero-order valence-electron chi connectivity index (χ0n) is 9.54. The highest BCUT2D eigenvalue weighted by Crippen LogP contribution is 2.28. The normalized spacial score (nSPS) is 17.4. The summed E-state index contributed by atoms with van der Waals surface area (Å²) < 4.78 is 57.6. The highest BCUT2D eigenvalue weighted by Gasteiger charge is 2.31. The van der Waals surface area contributed by atoms with Gasteiger partial charge in [-0.05, 0) is 30.5 Å². The van der Waals surface area contributed by atoms with Gasteiger partial charge in [-0.15, -0.1) is 3.89 Å². The summed E-state index contributed by atoms with van der Waals surface area (Å²) in [6.45, 7) is 0. The molecule has 1 aromatic carbocycles. The third-order valence-electron chi connectivity index (χ3n) is 3.13. The molecule has 0 atom stereocenters. The van der Waals surface area contributed by atoms with Crippen LogP contribution in [0.4, 0.5) is 3.89 Å². The lowest BCUT2D eigenvalue weighted by Gasteiger charge is -2.25. The van der Waals surface area contributed by atoms with Crippen molar-refractivity contribution in [1.82, 2.24) is 0 Å². The number of benzene rings is 1. The Kier molecular flexibility index (Phi) is 3.46. The fraction of sp³-hybridized carbons (Fsp3) is 0.455. The predicted molar refractivity (Wildman–Crippen MR) is 65.0 cm³/mol. The van der Waals surface area contributed by atoms with Crippen molar-refractivity contribution in [3.8, 4) is 0 Å². The predicted octanol–water partition coefficient (Wildman–Crippen LogP) is 1.81. The molecular formula is C11H13FO4S2. The van der Waals surface area contributed by atoms with Gasteiger partial charge < -0.3 is 0 Å². The molecule has 2 rings (SSSR count). The van der Waals surface area contributed by atoms with Crippen molar-refractivity contribution < 1.29 is 20.7 Å². The molecule has 1 aromatic rings. The Morgan fingerprint density at radius 3 is 2.00 bits per heavy atom. The largest absolute Gasteiger partial charge is 0.332 e. The number of hydrogen-bond acceptors (Lipinski definition) is 4. The third kappa shape index (κ3) is 2.89. The average Bonchev–Trinajstić information content (AvgIpc) is 2.12. The Morgan fingerprint density at radius 1 is 1.06 bits per heavy atom. The molecule has 0 radical (unpaired) electrons. The van der Waals surface area contributed by atoms with Gasteiger partial charge in [0.15, 0.2) is 9.84 Å². The maximum absolute atomic E-state index is 12.6. The molecule has 0 bridgehead atoms. The number of hydrogen-bond donors (Lipinski definition) is 0. The van der Waals surface area contributed by atoms with Crippen LogP contribution in [0.2, 0.25) is 0 Å². The highest BCUT2D eigenvalue weighted by atomic mass is 32.3. The molecule has 0 saturated heterocycles. The van der Waals surface area contributed by atoms with Crippen LogP contribution in [0.25, 0.3) is 0 Å². The highest BCUT2D eigenvalue weighted by molar-refractivity contribution is 7.91. The smallest absolute Gasteiger partial charge is 0.228 e. The van der Waals surface area contributed by atoms with Crippen LogP contribution in [0.5, 0.6) is 0 Å². The lowest BCUT2D eigenvalue weighted by molar-refractivity contribution is 0.476. The molecule has 1 aliphatic carbocycles. The van der Waals surface area contributed by atoms with Crippen LogP contribution >= 0.6 is 0 Å². The molecule has 0 heterocycles. The van der Waals surface area contributed by atoms with Gasteiger partial charge in [-0.3, -0.25) is 0 Å². The zero-order chi connectivity index (χ0) is 13.4. The first kappa shape index (κ1) is 13.5. The van der Waals surface area contributed by atoms with Crippen molar-refractivity contribution in [2.75, 3.05) is 0 Å². The van der Waals surface area contributed by atoms with E-state index in [4.69, 9.17) is 0 Å². The Balaban J connectivity index is 2.16. The summed E-state index contributed by atoms with van der Waals surface area (Å²) in [5, 5.41) is -0.276. The quantitative estimate of drug-likeness (QED) is 0.794. The first-order valence-electron chi connectivity index (χ1n) is 5.54. The molecule has 4 nitrogen and oxygen atoms in total. The van der Waals surface area contributed by atoms with E-state index in [2.05, 4.69) is 0 Å². The second kappa shape index (κ2) is 4.62. The Hall–Kier alpha value is -0.950. The Bertz CT molecular complexity index is 628. The average molecular weight is 292 g/mol. The molecular weight excluding hydrogens is 279 g/mol. The van der Waals surface area contributed by atoms with Crippen molar-refractivity contribution in [1.29, 1.82) is 0 Å². The standard InChI is InChI=1S/C11H13FO4S2/c12-18(15,16)11-6-4-9(5-7-11)8-17(13,14)10-2-1-3-10/h4-7,10H,1-3,8H2. The molecule has 0 aliphatic heterocycles. The van der Waals surface area contributed by atoms with E-state index >= 15 is 0 Å². The number of halogens is 1. The first-order chi connectivity index (χ1) is 8.29. The monoisotopic (exact) mass is 292 g/mol. The molecule has 0 aromatic heterocycles. The minimum Gasteiger partial charge on any atom is -0.228 e. The summed E-state index contributed by atoms with van der Waals surface area (Å²) in [5.74, 6) is -0.121. The molecule has 18 heavy (non-hydrogen) atoms. The SMILES string of the molecule is O=S(=O)(F)c1ccc(CS(=O)(=O)C2CCC2)cc1. The summed E-state index contributed by atoms with van der Waals surface area (Å²) in [7, 11) is -7.89. The van der Waals surface area contributed by atoms with Crippen LogP contribution in [-0.2, 0) is 25.8 Å². The molecule has 1 aliphatic rings. The van der Waals surface area contributed by atoms with Crippen LogP contribution in [0.15, 0.2) is 29.2 Å². The van der Waals surface area contributed by atoms with Gasteiger partial charge in [0.05, 0.1) is 15.9 Å². The Labute approximate surface area is 106 Å². The number of rotatable bonds is 4. The molecule has 1 fully saturated rings. The van der Waals surface area contributed by atoms with Crippen LogP contribution in [0, 0.1) is 0 Å². The van der Waals surface area contributed by atoms with Gasteiger partial charge >= 0.3 is 10.2 Å². The van der Waals surface area contributed by atoms with Gasteiger partial charge in [-0.1, -0.05) is 18.6 Å². The van der Waals surface area contributed by atoms with E-state index in [1.165, 1.54) is 12.1 Å². The van der Waals surface area contributed by atoms with Gasteiger partial charge in [-0.25, -0.2) is 8.42 Å². The number of sulfone groups is 1. The van der Waals surface area contributed by atoms with Gasteiger partial charge in [0.2, 0.25) is 0 Å². The second-order valence-electron chi connectivity index (χ2n) is 4.44. The van der Waals surface area contributed by atoms with Gasteiger partial charge in [0, 0.05) is 0 Å². The van der Waals surface area contributed by atoms with Gasteiger partial charge in [0.25, 0.3) is 0 Å². The molecule has 1 saturated carbocycles. The van der Waals surface area contributed by atoms with Crippen LogP contribution < -0.4 is 0 Å². The summed E-state index contributed by atoms with van der Waals surface area (Å²) >= 11 is 0. The van der Waals surface area contributed by atoms with Crippen LogP contribution in [0.1, 0.15) is 24.8 Å². The fourth-order valence-electron chi connectivity index (χ4n) is 1.83. The van der Waals surface area contributed by atoms with Crippen LogP contribution in [0.3, 0.4) is 0 Å². The minimum absolute atomic E-state index is 0.121. The Morgan fingerprint density at radius 2 is 1.61 bits per heavy atom. The van der Waals surface area contributed by atoms with Crippen molar-refractivity contribution in [3.63, 3.8) is 0 Å². The van der Waals surface area contributed by atoms with Crippen molar-refractivity contribution in [2.24, 2.45) is 0 Å². The van der Waals surface area contributed by atoms with Crippen molar-refractivity contribution in [2.45, 2.75) is 35.2 Å². The second-order valence-corrected chi connectivity index (χ2v) is 8.07. The van der Waals surface area contributed by atoms with E-state index in [9.17, 15) is 20.7 Å². The lowest BCUT2D eigenvalue weighted by Crippen LogP contribution is -2.29. The van der Waals surface area contributed by atoms with E-state index in [1.54, 1.807) is 0 Å². The van der Waals surface area contributed by atoms with E-state index in [-0.39, 0.29) is 11.0 Å². The first-order valence-corrected chi connectivity index (χ1v) is 8.64. The zero-order valence-corrected chi connectivity index (χ0v) is 11.2. The third-order valence-corrected chi connectivity index (χ3v) is 6.19. The molecule has 0 amide bonds. The summed E-state index contributed by atoms with van der Waals surface area (Å²) in [5.41, 5.74) is 0.481. The van der Waals surface area contributed by atoms with E-state index in [0.29, 0.717) is 18.4 Å². The summed E-state index contributed by atoms with van der Waals surface area (Å²) in [6.07, 6.45) is 2.32. The van der Waals surface area contributed by atoms with Crippen LogP contribution in [-0.4, -0.2) is 22.1 Å². The maximum Gasteiger partial charge on any atom is 0.332 e. The van der Waals surface area contributed by atoms with Gasteiger partial charge in [0.1, 0.15) is 0 Å². The maximum atomic E-state index is 12.6. The molecule has 0 N–H and O–H groups in total. The van der Waals surface area contributed by atoms with E-state index in [0.717, 1.165) is 18.6 Å². The lowest BCUT2D eigenvalue weighted by atomic mass is 10.00. The van der Waals surface area contributed by atoms with Crippen molar-refractivity contribution >= 4 is 20.1 Å². The summed E-state index contributed by atoms with van der Waals surface area (Å²) in [6, 6.07) is 4.84. The molecule has 7 heteroatoms.